The van der Waals surface area contributed by atoms with Crippen LogP contribution in [0.3, 0.4) is 0 Å². The number of carbonyl (C=O) groups excluding carboxylic acids is 1. The summed E-state index contributed by atoms with van der Waals surface area (Å²) in [7, 11) is 1.51. The van der Waals surface area contributed by atoms with Gasteiger partial charge in [0, 0.05) is 13.1 Å². The Kier molecular flexibility index (Phi) is 3.60. The number of hydrogen-bond donors (Lipinski definition) is 0. The average Bonchev–Trinajstić information content (AvgIpc) is 3.17. The molecule has 5 nitrogen and oxygen atoms in total. The monoisotopic (exact) mass is 289 g/mol. The zero-order valence-electron chi connectivity index (χ0n) is 11.8. The zero-order chi connectivity index (χ0) is 14.8. The molecule has 0 saturated carbocycles. The van der Waals surface area contributed by atoms with Crippen molar-refractivity contribution < 1.29 is 13.9 Å². The number of carbonyl (C=O) groups is 1. The Bertz CT molecular complexity index is 645. The summed E-state index contributed by atoms with van der Waals surface area (Å²) < 4.78 is 19.7. The summed E-state index contributed by atoms with van der Waals surface area (Å²) in [6.07, 6.45) is 3.68. The molecule has 0 aliphatic carbocycles. The Morgan fingerprint density at radius 1 is 1.24 bits per heavy atom. The number of methoxy groups -OCH3 is 1. The van der Waals surface area contributed by atoms with E-state index in [1.807, 2.05) is 0 Å². The summed E-state index contributed by atoms with van der Waals surface area (Å²) in [5, 5.41) is 4.30. The van der Waals surface area contributed by atoms with Crippen LogP contribution in [0.1, 0.15) is 23.3 Å². The van der Waals surface area contributed by atoms with Crippen LogP contribution < -0.4 is 4.74 Å². The second-order valence-electron chi connectivity index (χ2n) is 4.97. The van der Waals surface area contributed by atoms with Gasteiger partial charge in [0.05, 0.1) is 19.0 Å². The molecule has 0 radical (unpaired) electrons. The minimum atomic E-state index is -0.314. The van der Waals surface area contributed by atoms with Gasteiger partial charge in [0.15, 0.2) is 11.4 Å². The molecule has 6 heteroatoms. The van der Waals surface area contributed by atoms with Gasteiger partial charge >= 0.3 is 0 Å². The fourth-order valence-electron chi connectivity index (χ4n) is 2.45. The van der Waals surface area contributed by atoms with Crippen molar-refractivity contribution in [2.45, 2.75) is 12.8 Å². The van der Waals surface area contributed by atoms with Gasteiger partial charge in [0.1, 0.15) is 5.82 Å². The van der Waals surface area contributed by atoms with Gasteiger partial charge in [-0.1, -0.05) is 0 Å². The van der Waals surface area contributed by atoms with Crippen LogP contribution in [-0.2, 0) is 0 Å². The van der Waals surface area contributed by atoms with Gasteiger partial charge in [-0.05, 0) is 37.1 Å². The topological polar surface area (TPSA) is 47.4 Å². The number of hydrogen-bond acceptors (Lipinski definition) is 3. The predicted octanol–water partition coefficient (Wildman–Crippen LogP) is 2.26. The van der Waals surface area contributed by atoms with Gasteiger partial charge in [0.2, 0.25) is 0 Å². The molecule has 1 amide bonds. The SMILES string of the molecule is COc1cn(-c2ccc(F)cc2)nc1C(=O)N1CCCC1. The fourth-order valence-corrected chi connectivity index (χ4v) is 2.45. The van der Waals surface area contributed by atoms with Crippen molar-refractivity contribution in [3.8, 4) is 11.4 Å². The van der Waals surface area contributed by atoms with E-state index in [2.05, 4.69) is 5.10 Å². The number of likely N-dealkylation sites (tertiary alicyclic amines) is 1. The Balaban J connectivity index is 1.94. The highest BCUT2D eigenvalue weighted by molar-refractivity contribution is 5.95. The van der Waals surface area contributed by atoms with Crippen molar-refractivity contribution >= 4 is 5.91 Å². The molecule has 1 aliphatic rings. The lowest BCUT2D eigenvalue weighted by atomic mass is 10.3. The normalized spacial score (nSPS) is 14.5. The molecule has 1 saturated heterocycles. The molecular weight excluding hydrogens is 273 g/mol. The van der Waals surface area contributed by atoms with Crippen molar-refractivity contribution in [3.05, 3.63) is 42.0 Å². The van der Waals surface area contributed by atoms with E-state index in [0.717, 1.165) is 25.9 Å². The van der Waals surface area contributed by atoms with Crippen molar-refractivity contribution in [2.75, 3.05) is 20.2 Å². The second-order valence-corrected chi connectivity index (χ2v) is 4.97. The first-order valence-electron chi connectivity index (χ1n) is 6.88. The summed E-state index contributed by atoms with van der Waals surface area (Å²) >= 11 is 0. The van der Waals surface area contributed by atoms with Gasteiger partial charge < -0.3 is 9.64 Å². The standard InChI is InChI=1S/C15H16FN3O2/c1-21-13-10-19(12-6-4-11(16)5-7-12)17-14(13)15(20)18-8-2-3-9-18/h4-7,10H,2-3,8-9H2,1H3. The molecule has 1 aliphatic heterocycles. The van der Waals surface area contributed by atoms with Gasteiger partial charge in [0.25, 0.3) is 5.91 Å². The molecule has 0 N–H and O–H groups in total. The highest BCUT2D eigenvalue weighted by Gasteiger charge is 2.25. The third kappa shape index (κ3) is 2.61. The molecule has 0 bridgehead atoms. The fraction of sp³-hybridized carbons (Fsp3) is 0.333. The van der Waals surface area contributed by atoms with Crippen LogP contribution >= 0.6 is 0 Å². The number of benzene rings is 1. The summed E-state index contributed by atoms with van der Waals surface area (Å²) in [6, 6.07) is 5.91. The number of aromatic nitrogens is 2. The average molecular weight is 289 g/mol. The van der Waals surface area contributed by atoms with Crippen molar-refractivity contribution in [1.29, 1.82) is 0 Å². The highest BCUT2D eigenvalue weighted by Crippen LogP contribution is 2.22. The lowest BCUT2D eigenvalue weighted by molar-refractivity contribution is 0.0783. The summed E-state index contributed by atoms with van der Waals surface area (Å²) in [4.78, 5) is 14.2. The molecule has 2 heterocycles. The highest BCUT2D eigenvalue weighted by atomic mass is 19.1. The largest absolute Gasteiger partial charge is 0.493 e. The van der Waals surface area contributed by atoms with Crippen LogP contribution in [0.5, 0.6) is 5.75 Å². The van der Waals surface area contributed by atoms with Crippen LogP contribution in [0.15, 0.2) is 30.5 Å². The first-order chi connectivity index (χ1) is 10.2. The van der Waals surface area contributed by atoms with Crippen molar-refractivity contribution in [3.63, 3.8) is 0 Å². The van der Waals surface area contributed by atoms with Crippen molar-refractivity contribution in [2.24, 2.45) is 0 Å². The van der Waals surface area contributed by atoms with E-state index in [9.17, 15) is 9.18 Å². The molecule has 1 fully saturated rings. The minimum absolute atomic E-state index is 0.120. The van der Waals surface area contributed by atoms with E-state index in [1.165, 1.54) is 23.9 Å². The maximum atomic E-state index is 13.0. The first kappa shape index (κ1) is 13.6. The van der Waals surface area contributed by atoms with Gasteiger partial charge in [-0.25, -0.2) is 9.07 Å². The lowest BCUT2D eigenvalue weighted by Crippen LogP contribution is -2.28. The molecule has 0 unspecified atom stereocenters. The predicted molar refractivity (Wildman–Crippen MR) is 75.2 cm³/mol. The molecule has 2 aromatic rings. The van der Waals surface area contributed by atoms with Crippen molar-refractivity contribution in [1.82, 2.24) is 14.7 Å². The van der Waals surface area contributed by atoms with E-state index in [0.29, 0.717) is 17.1 Å². The number of nitrogens with zero attached hydrogens (tertiary/aromatic N) is 3. The van der Waals surface area contributed by atoms with Gasteiger partial charge in [-0.3, -0.25) is 4.79 Å². The third-order valence-electron chi connectivity index (χ3n) is 3.59. The molecular formula is C15H16FN3O2. The van der Waals surface area contributed by atoms with Crippen LogP contribution in [0.4, 0.5) is 4.39 Å². The quantitative estimate of drug-likeness (QED) is 0.870. The summed E-state index contributed by atoms with van der Waals surface area (Å²) in [5.41, 5.74) is 0.971. The van der Waals surface area contributed by atoms with Gasteiger partial charge in [-0.2, -0.15) is 5.10 Å². The molecule has 0 spiro atoms. The maximum Gasteiger partial charge on any atom is 0.278 e. The molecule has 0 atom stereocenters. The molecule has 21 heavy (non-hydrogen) atoms. The number of halogens is 1. The molecule has 1 aromatic carbocycles. The van der Waals surface area contributed by atoms with Crippen LogP contribution in [0.2, 0.25) is 0 Å². The second kappa shape index (κ2) is 5.55. The van der Waals surface area contributed by atoms with Crippen LogP contribution in [-0.4, -0.2) is 40.8 Å². The van der Waals surface area contributed by atoms with E-state index >= 15 is 0 Å². The minimum Gasteiger partial charge on any atom is -0.493 e. The smallest absolute Gasteiger partial charge is 0.278 e. The Morgan fingerprint density at radius 2 is 1.90 bits per heavy atom. The Hall–Kier alpha value is -2.37. The number of rotatable bonds is 3. The number of ether oxygens (including phenoxy) is 1. The first-order valence-corrected chi connectivity index (χ1v) is 6.88. The van der Waals surface area contributed by atoms with E-state index in [-0.39, 0.29) is 11.7 Å². The molecule has 1 aromatic heterocycles. The molecule has 3 rings (SSSR count). The van der Waals surface area contributed by atoms with E-state index < -0.39 is 0 Å². The maximum absolute atomic E-state index is 13.0. The Labute approximate surface area is 121 Å². The lowest BCUT2D eigenvalue weighted by Gasteiger charge is -2.13. The molecule has 110 valence electrons. The third-order valence-corrected chi connectivity index (χ3v) is 3.59. The Morgan fingerprint density at radius 3 is 2.52 bits per heavy atom. The summed E-state index contributed by atoms with van der Waals surface area (Å²) in [6.45, 7) is 1.51. The van der Waals surface area contributed by atoms with E-state index in [1.54, 1.807) is 23.2 Å². The number of amides is 1. The van der Waals surface area contributed by atoms with Crippen LogP contribution in [0.25, 0.3) is 5.69 Å². The summed E-state index contributed by atoms with van der Waals surface area (Å²) in [5.74, 6) is -0.00678. The van der Waals surface area contributed by atoms with E-state index in [4.69, 9.17) is 4.74 Å². The van der Waals surface area contributed by atoms with Gasteiger partial charge in [-0.15, -0.1) is 0 Å². The van der Waals surface area contributed by atoms with Crippen LogP contribution in [0, 0.1) is 5.82 Å². The zero-order valence-corrected chi connectivity index (χ0v) is 11.8.